The van der Waals surface area contributed by atoms with Crippen molar-refractivity contribution in [3.63, 3.8) is 0 Å². The van der Waals surface area contributed by atoms with Gasteiger partial charge in [0.05, 0.1) is 16.9 Å². The molecule has 1 aliphatic heterocycles. The van der Waals surface area contributed by atoms with E-state index in [1.165, 1.54) is 24.3 Å². The summed E-state index contributed by atoms with van der Waals surface area (Å²) in [5, 5.41) is 13.9. The van der Waals surface area contributed by atoms with Crippen molar-refractivity contribution < 1.29 is 32.2 Å². The first-order chi connectivity index (χ1) is 13.8. The molecule has 3 rings (SSSR count). The number of carbonyl (C=O) groups is 2. The van der Waals surface area contributed by atoms with Gasteiger partial charge in [-0.25, -0.2) is 4.79 Å². The lowest BCUT2D eigenvalue weighted by Gasteiger charge is -2.22. The molecule has 1 saturated heterocycles. The Labute approximate surface area is 164 Å². The molecule has 1 aromatic heterocycles. The van der Waals surface area contributed by atoms with Crippen LogP contribution in [0.3, 0.4) is 0 Å². The maximum absolute atomic E-state index is 13.1. The van der Waals surface area contributed by atoms with E-state index < -0.39 is 30.2 Å². The van der Waals surface area contributed by atoms with Crippen LogP contribution < -0.4 is 14.9 Å². The van der Waals surface area contributed by atoms with Crippen molar-refractivity contribution in [2.75, 3.05) is 29.9 Å². The first-order valence-corrected chi connectivity index (χ1v) is 8.87. The Morgan fingerprint density at radius 2 is 1.90 bits per heavy atom. The molecule has 0 spiro atoms. The van der Waals surface area contributed by atoms with Crippen molar-refractivity contribution in [2.45, 2.75) is 19.0 Å². The molecule has 2 aromatic rings. The summed E-state index contributed by atoms with van der Waals surface area (Å²) >= 11 is 0. The average molecular weight is 409 g/mol. The van der Waals surface area contributed by atoms with Crippen molar-refractivity contribution in [3.05, 3.63) is 59.1 Å². The van der Waals surface area contributed by atoms with Gasteiger partial charge in [-0.2, -0.15) is 17.9 Å². The Hall–Kier alpha value is -3.30. The number of anilines is 2. The summed E-state index contributed by atoms with van der Waals surface area (Å²) in [6.45, 7) is 0.588. The lowest BCUT2D eigenvalue weighted by molar-refractivity contribution is -0.608. The topological polar surface area (TPSA) is 85.6 Å². The first kappa shape index (κ1) is 20.4. The molecular weight excluding hydrogens is 391 g/mol. The molecule has 29 heavy (non-hydrogen) atoms. The van der Waals surface area contributed by atoms with E-state index >= 15 is 0 Å². The molecule has 0 unspecified atom stereocenters. The van der Waals surface area contributed by atoms with Crippen LogP contribution in [0, 0.1) is 5.21 Å². The number of amides is 1. The zero-order chi connectivity index (χ0) is 21.0. The minimum absolute atomic E-state index is 0.0126. The number of rotatable bonds is 5. The van der Waals surface area contributed by atoms with E-state index in [-0.39, 0.29) is 11.4 Å². The van der Waals surface area contributed by atoms with E-state index in [1.807, 2.05) is 4.90 Å². The van der Waals surface area contributed by atoms with E-state index in [4.69, 9.17) is 4.74 Å². The fourth-order valence-electron chi connectivity index (χ4n) is 3.02. The molecule has 1 fully saturated rings. The second kappa shape index (κ2) is 8.38. The van der Waals surface area contributed by atoms with Crippen molar-refractivity contribution >= 4 is 23.3 Å². The molecule has 7 nitrogen and oxygen atoms in total. The van der Waals surface area contributed by atoms with Crippen molar-refractivity contribution in [3.8, 4) is 0 Å². The number of nitrogens with zero attached hydrogens (tertiary/aromatic N) is 2. The van der Waals surface area contributed by atoms with Gasteiger partial charge in [0, 0.05) is 25.2 Å². The summed E-state index contributed by atoms with van der Waals surface area (Å²) in [6, 6.07) is 7.24. The minimum Gasteiger partial charge on any atom is -0.618 e. The van der Waals surface area contributed by atoms with Gasteiger partial charge in [0.1, 0.15) is 0 Å². The first-order valence-electron chi connectivity index (χ1n) is 8.87. The highest BCUT2D eigenvalue weighted by atomic mass is 19.4. The van der Waals surface area contributed by atoms with E-state index in [0.717, 1.165) is 31.2 Å². The maximum atomic E-state index is 13.1. The molecule has 0 aliphatic carbocycles. The maximum Gasteiger partial charge on any atom is 0.416 e. The standard InChI is InChI=1S/C19H18F3N3O4/c20-19(21,22)13-6-7-15(24-8-3-4-9-24)14(11-13)23-17(26)12-29-18(27)16-5-1-2-10-25(16)28/h1-2,5-7,10-11H,3-4,8-9,12H2,(H,23,26). The van der Waals surface area contributed by atoms with E-state index in [2.05, 4.69) is 5.32 Å². The highest BCUT2D eigenvalue weighted by Gasteiger charge is 2.32. The van der Waals surface area contributed by atoms with Gasteiger partial charge in [0.15, 0.2) is 12.8 Å². The molecular formula is C19H18F3N3O4. The van der Waals surface area contributed by atoms with Crippen LogP contribution in [0.1, 0.15) is 28.9 Å². The van der Waals surface area contributed by atoms with Gasteiger partial charge in [-0.3, -0.25) is 4.79 Å². The molecule has 0 radical (unpaired) electrons. The summed E-state index contributed by atoms with van der Waals surface area (Å²) in [7, 11) is 0. The van der Waals surface area contributed by atoms with Crippen LogP contribution in [-0.2, 0) is 15.7 Å². The summed E-state index contributed by atoms with van der Waals surface area (Å²) in [5.41, 5.74) is -0.751. The van der Waals surface area contributed by atoms with Crippen molar-refractivity contribution in [1.82, 2.24) is 0 Å². The summed E-state index contributed by atoms with van der Waals surface area (Å²) in [4.78, 5) is 26.0. The predicted molar refractivity (Wildman–Crippen MR) is 97.2 cm³/mol. The Morgan fingerprint density at radius 1 is 1.17 bits per heavy atom. The van der Waals surface area contributed by atoms with Crippen LogP contribution in [-0.4, -0.2) is 31.6 Å². The summed E-state index contributed by atoms with van der Waals surface area (Å²) in [6.07, 6.45) is -1.66. The number of halogens is 3. The number of alkyl halides is 3. The molecule has 1 amide bonds. The normalized spacial score (nSPS) is 14.0. The Kier molecular flexibility index (Phi) is 5.90. The second-order valence-electron chi connectivity index (χ2n) is 6.46. The molecule has 154 valence electrons. The lowest BCUT2D eigenvalue weighted by Crippen LogP contribution is -2.35. The molecule has 0 bridgehead atoms. The number of benzene rings is 1. The Bertz CT molecular complexity index is 912. The number of pyridine rings is 1. The average Bonchev–Trinajstić information content (AvgIpc) is 3.20. The quantitative estimate of drug-likeness (QED) is 0.466. The van der Waals surface area contributed by atoms with Crippen molar-refractivity contribution in [1.29, 1.82) is 0 Å². The number of aromatic nitrogens is 1. The fraction of sp³-hybridized carbons (Fsp3) is 0.316. The lowest BCUT2D eigenvalue weighted by atomic mass is 10.1. The molecule has 0 saturated carbocycles. The van der Waals surface area contributed by atoms with Gasteiger partial charge in [-0.15, -0.1) is 0 Å². The Balaban J connectivity index is 1.72. The number of esters is 1. The molecule has 1 N–H and O–H groups in total. The minimum atomic E-state index is -4.56. The molecule has 1 aromatic carbocycles. The molecule has 1 aliphatic rings. The molecule has 2 heterocycles. The SMILES string of the molecule is O=C(COC(=O)c1cccc[n+]1[O-])Nc1cc(C(F)(F)F)ccc1N1CCCC1. The van der Waals surface area contributed by atoms with Gasteiger partial charge in [0.25, 0.3) is 5.91 Å². The number of hydrogen-bond donors (Lipinski definition) is 1. The number of carbonyl (C=O) groups excluding carboxylic acids is 2. The summed E-state index contributed by atoms with van der Waals surface area (Å²) < 4.78 is 44.3. The molecule has 0 atom stereocenters. The zero-order valence-corrected chi connectivity index (χ0v) is 15.2. The smallest absolute Gasteiger partial charge is 0.416 e. The Morgan fingerprint density at radius 3 is 2.55 bits per heavy atom. The van der Waals surface area contributed by atoms with Crippen LogP contribution in [0.5, 0.6) is 0 Å². The third-order valence-electron chi connectivity index (χ3n) is 4.41. The van der Waals surface area contributed by atoms with Crippen LogP contribution in [0.4, 0.5) is 24.5 Å². The van der Waals surface area contributed by atoms with Crippen LogP contribution in [0.2, 0.25) is 0 Å². The highest BCUT2D eigenvalue weighted by molar-refractivity contribution is 5.97. The largest absolute Gasteiger partial charge is 0.618 e. The van der Waals surface area contributed by atoms with Crippen molar-refractivity contribution in [2.24, 2.45) is 0 Å². The van der Waals surface area contributed by atoms with Gasteiger partial charge in [-0.05, 0) is 37.1 Å². The molecule has 10 heteroatoms. The number of ether oxygens (including phenoxy) is 1. The summed E-state index contributed by atoms with van der Waals surface area (Å²) in [5.74, 6) is -1.83. The van der Waals surface area contributed by atoms with Gasteiger partial charge in [-0.1, -0.05) is 0 Å². The van der Waals surface area contributed by atoms with Crippen LogP contribution >= 0.6 is 0 Å². The van der Waals surface area contributed by atoms with E-state index in [0.29, 0.717) is 23.5 Å². The van der Waals surface area contributed by atoms with E-state index in [9.17, 15) is 28.0 Å². The monoisotopic (exact) mass is 409 g/mol. The third-order valence-corrected chi connectivity index (χ3v) is 4.41. The fourth-order valence-corrected chi connectivity index (χ4v) is 3.02. The van der Waals surface area contributed by atoms with Gasteiger partial charge in [0.2, 0.25) is 0 Å². The number of hydrogen-bond acceptors (Lipinski definition) is 5. The van der Waals surface area contributed by atoms with Crippen LogP contribution in [0.25, 0.3) is 0 Å². The highest BCUT2D eigenvalue weighted by Crippen LogP contribution is 2.36. The third kappa shape index (κ3) is 4.95. The van der Waals surface area contributed by atoms with E-state index in [1.54, 1.807) is 0 Å². The predicted octanol–water partition coefficient (Wildman–Crippen LogP) is 2.73. The second-order valence-corrected chi connectivity index (χ2v) is 6.46. The van der Waals surface area contributed by atoms with Gasteiger partial charge < -0.3 is 20.2 Å². The zero-order valence-electron chi connectivity index (χ0n) is 15.2. The van der Waals surface area contributed by atoms with Crippen LogP contribution in [0.15, 0.2) is 42.6 Å². The van der Waals surface area contributed by atoms with Gasteiger partial charge >= 0.3 is 17.8 Å². The number of nitrogens with one attached hydrogen (secondary N) is 1.